The van der Waals surface area contributed by atoms with Gasteiger partial charge in [-0.3, -0.25) is 9.59 Å². The molecule has 1 saturated heterocycles. The molecule has 4 heterocycles. The lowest BCUT2D eigenvalue weighted by Gasteiger charge is -2.43. The Morgan fingerprint density at radius 2 is 1.97 bits per heavy atom. The van der Waals surface area contributed by atoms with Crippen molar-refractivity contribution in [3.8, 4) is 5.75 Å². The summed E-state index contributed by atoms with van der Waals surface area (Å²) in [6, 6.07) is 3.56. The Morgan fingerprint density at radius 1 is 1.13 bits per heavy atom. The van der Waals surface area contributed by atoms with Gasteiger partial charge in [0.2, 0.25) is 11.8 Å². The van der Waals surface area contributed by atoms with Crippen LogP contribution < -0.4 is 4.74 Å². The Balaban J connectivity index is 1.23. The number of likely N-dealkylation sites (tertiary alicyclic amines) is 1. The first kappa shape index (κ1) is 25.4. The monoisotopic (exact) mass is 551 g/mol. The summed E-state index contributed by atoms with van der Waals surface area (Å²) >= 11 is 6.79. The second kappa shape index (κ2) is 9.79. The van der Waals surface area contributed by atoms with Gasteiger partial charge in [0, 0.05) is 55.5 Å². The maximum atomic E-state index is 14.2. The number of carbonyl (C=O) groups excluding carboxylic acids is 2. The zero-order chi connectivity index (χ0) is 26.7. The molecule has 9 heteroatoms. The zero-order valence-electron chi connectivity index (χ0n) is 22.8. The summed E-state index contributed by atoms with van der Waals surface area (Å²) in [4.78, 5) is 31.4. The topological polar surface area (TPSA) is 80.6 Å². The van der Waals surface area contributed by atoms with Crippen molar-refractivity contribution in [3.63, 3.8) is 0 Å². The number of ether oxygens (including phenoxy) is 1. The summed E-state index contributed by atoms with van der Waals surface area (Å²) in [6.07, 6.45) is 9.95. The highest BCUT2D eigenvalue weighted by Gasteiger charge is 2.52. The number of rotatable bonds is 6. The van der Waals surface area contributed by atoms with Crippen LogP contribution >= 0.6 is 11.6 Å². The quantitative estimate of drug-likeness (QED) is 0.519. The van der Waals surface area contributed by atoms with Crippen molar-refractivity contribution in [3.05, 3.63) is 39.9 Å². The van der Waals surface area contributed by atoms with Crippen molar-refractivity contribution in [2.45, 2.75) is 90.3 Å². The fourth-order valence-corrected chi connectivity index (χ4v) is 7.84. The van der Waals surface area contributed by atoms with Gasteiger partial charge in [-0.2, -0.15) is 0 Å². The summed E-state index contributed by atoms with van der Waals surface area (Å²) in [6.45, 7) is 5.36. The number of aromatic nitrogens is 3. The van der Waals surface area contributed by atoms with Crippen LogP contribution in [0.15, 0.2) is 12.1 Å². The van der Waals surface area contributed by atoms with E-state index in [2.05, 4.69) is 26.6 Å². The van der Waals surface area contributed by atoms with Gasteiger partial charge in [0.05, 0.1) is 6.04 Å². The van der Waals surface area contributed by atoms with Crippen molar-refractivity contribution < 1.29 is 14.3 Å². The molecule has 3 aliphatic heterocycles. The van der Waals surface area contributed by atoms with Crippen molar-refractivity contribution in [1.29, 1.82) is 0 Å². The van der Waals surface area contributed by atoms with E-state index in [0.717, 1.165) is 86.6 Å². The van der Waals surface area contributed by atoms with Gasteiger partial charge in [-0.25, -0.2) is 0 Å². The molecule has 39 heavy (non-hydrogen) atoms. The van der Waals surface area contributed by atoms with Gasteiger partial charge in [0.1, 0.15) is 18.2 Å². The van der Waals surface area contributed by atoms with Crippen LogP contribution in [0.25, 0.3) is 0 Å². The van der Waals surface area contributed by atoms with Crippen LogP contribution in [0, 0.1) is 17.3 Å². The molecule has 3 fully saturated rings. The van der Waals surface area contributed by atoms with E-state index < -0.39 is 0 Å². The number of halogens is 1. The third-order valence-corrected chi connectivity index (χ3v) is 10.4. The third-order valence-electron chi connectivity index (χ3n) is 10.1. The first-order chi connectivity index (χ1) is 18.9. The third kappa shape index (κ3) is 4.52. The lowest BCUT2D eigenvalue weighted by Crippen LogP contribution is -2.49. The van der Waals surface area contributed by atoms with Crippen LogP contribution in [0.3, 0.4) is 0 Å². The number of fused-ring (bicyclic) bond motifs is 2. The van der Waals surface area contributed by atoms with Crippen LogP contribution in [-0.4, -0.2) is 56.0 Å². The Kier molecular flexibility index (Phi) is 6.37. The standard InChI is InChI=1S/C30H38ClN5O3/c1-19-5-2-3-6-20(19)29(38)35-14-10-21-22(31)8-9-24(39-17-26-33-32-25-7-4-13-36(25)26)28(21)23(35)16-34-18-30(11-12-30)15-27(34)37/h8-9,19-20,23H,2-7,10-18H2,1H3/t19-,20+,23+/m0/s1. The summed E-state index contributed by atoms with van der Waals surface area (Å²) in [5, 5.41) is 9.41. The Hall–Kier alpha value is -2.61. The smallest absolute Gasteiger partial charge is 0.226 e. The molecule has 1 aromatic carbocycles. The van der Waals surface area contributed by atoms with E-state index in [-0.39, 0.29) is 29.2 Å². The summed E-state index contributed by atoms with van der Waals surface area (Å²) < 4.78 is 8.63. The minimum Gasteiger partial charge on any atom is -0.485 e. The van der Waals surface area contributed by atoms with Gasteiger partial charge in [-0.05, 0) is 67.6 Å². The highest BCUT2D eigenvalue weighted by atomic mass is 35.5. The number of carbonyl (C=O) groups is 2. The Labute approximate surface area is 235 Å². The molecule has 2 amide bonds. The normalized spacial score (nSPS) is 27.1. The van der Waals surface area contributed by atoms with Crippen LogP contribution in [0.1, 0.15) is 87.1 Å². The number of aryl methyl sites for hydroxylation is 1. The molecule has 7 rings (SSSR count). The molecule has 0 radical (unpaired) electrons. The predicted molar refractivity (Wildman–Crippen MR) is 146 cm³/mol. The van der Waals surface area contributed by atoms with Gasteiger partial charge in [-0.15, -0.1) is 10.2 Å². The molecule has 2 saturated carbocycles. The first-order valence-electron chi connectivity index (χ1n) is 14.9. The van der Waals surface area contributed by atoms with E-state index in [1.807, 2.05) is 17.0 Å². The maximum absolute atomic E-state index is 14.2. The number of benzene rings is 1. The molecule has 208 valence electrons. The number of hydrogen-bond acceptors (Lipinski definition) is 5. The van der Waals surface area contributed by atoms with Crippen LogP contribution in [0.2, 0.25) is 5.02 Å². The number of amides is 2. The SMILES string of the molecule is C[C@H]1CCCC[C@H]1C(=O)N1CCc2c(Cl)ccc(OCc3nnc4n3CCC4)c2[C@H]1CN1CC2(CC2)CC1=O. The van der Waals surface area contributed by atoms with E-state index in [1.165, 1.54) is 6.42 Å². The Morgan fingerprint density at radius 3 is 2.77 bits per heavy atom. The van der Waals surface area contributed by atoms with E-state index in [1.54, 1.807) is 0 Å². The van der Waals surface area contributed by atoms with Gasteiger partial charge < -0.3 is 19.1 Å². The molecule has 2 aliphatic carbocycles. The van der Waals surface area contributed by atoms with Crippen LogP contribution in [0.4, 0.5) is 0 Å². The van der Waals surface area contributed by atoms with Crippen molar-refractivity contribution >= 4 is 23.4 Å². The van der Waals surface area contributed by atoms with E-state index in [9.17, 15) is 9.59 Å². The average molecular weight is 552 g/mol. The molecule has 0 bridgehead atoms. The fourth-order valence-electron chi connectivity index (χ4n) is 7.58. The van der Waals surface area contributed by atoms with Crippen molar-refractivity contribution in [2.75, 3.05) is 19.6 Å². The van der Waals surface area contributed by atoms with E-state index >= 15 is 0 Å². The molecule has 1 aromatic heterocycles. The lowest BCUT2D eigenvalue weighted by molar-refractivity contribution is -0.143. The fraction of sp³-hybridized carbons (Fsp3) is 0.667. The largest absolute Gasteiger partial charge is 0.485 e. The van der Waals surface area contributed by atoms with Crippen molar-refractivity contribution in [2.24, 2.45) is 17.3 Å². The molecule has 2 aromatic rings. The molecule has 3 atom stereocenters. The highest BCUT2D eigenvalue weighted by molar-refractivity contribution is 6.31. The molecular formula is C30H38ClN5O3. The van der Waals surface area contributed by atoms with Crippen molar-refractivity contribution in [1.82, 2.24) is 24.6 Å². The molecule has 0 N–H and O–H groups in total. The minimum atomic E-state index is -0.272. The number of nitrogens with zero attached hydrogens (tertiary/aromatic N) is 5. The highest BCUT2D eigenvalue weighted by Crippen LogP contribution is 2.54. The molecule has 5 aliphatic rings. The molecule has 0 unspecified atom stereocenters. The molecule has 8 nitrogen and oxygen atoms in total. The summed E-state index contributed by atoms with van der Waals surface area (Å²) in [5.41, 5.74) is 2.18. The number of hydrogen-bond donors (Lipinski definition) is 0. The first-order valence-corrected chi connectivity index (χ1v) is 15.2. The van der Waals surface area contributed by atoms with Gasteiger partial charge in [0.25, 0.3) is 0 Å². The lowest BCUT2D eigenvalue weighted by atomic mass is 9.78. The van der Waals surface area contributed by atoms with E-state index in [4.69, 9.17) is 16.3 Å². The minimum absolute atomic E-state index is 0.0361. The predicted octanol–water partition coefficient (Wildman–Crippen LogP) is 4.72. The second-order valence-electron chi connectivity index (χ2n) is 12.6. The molecule has 1 spiro atoms. The van der Waals surface area contributed by atoms with Gasteiger partial charge >= 0.3 is 0 Å². The summed E-state index contributed by atoms with van der Waals surface area (Å²) in [7, 11) is 0. The van der Waals surface area contributed by atoms with Gasteiger partial charge in [0.15, 0.2) is 5.82 Å². The summed E-state index contributed by atoms with van der Waals surface area (Å²) in [5.74, 6) is 3.43. The maximum Gasteiger partial charge on any atom is 0.226 e. The van der Waals surface area contributed by atoms with Crippen LogP contribution in [0.5, 0.6) is 5.75 Å². The molecular weight excluding hydrogens is 514 g/mol. The zero-order valence-corrected chi connectivity index (χ0v) is 23.6. The van der Waals surface area contributed by atoms with E-state index in [0.29, 0.717) is 43.5 Å². The Bertz CT molecular complexity index is 1300. The second-order valence-corrected chi connectivity index (χ2v) is 13.0. The van der Waals surface area contributed by atoms with Gasteiger partial charge in [-0.1, -0.05) is 31.4 Å². The average Bonchev–Trinajstić information content (AvgIpc) is 3.22. The van der Waals surface area contributed by atoms with Crippen LogP contribution in [-0.2, 0) is 35.6 Å².